The number of likely N-dealkylation sites (tertiary alicyclic amines) is 1. The molecule has 1 saturated heterocycles. The minimum atomic E-state index is -0.737. The third-order valence-corrected chi connectivity index (χ3v) is 4.99. The minimum Gasteiger partial charge on any atom is -0.444 e. The highest BCUT2D eigenvalue weighted by atomic mass is 32.1. The van der Waals surface area contributed by atoms with Crippen LogP contribution in [-0.2, 0) is 4.74 Å². The number of piperidine rings is 1. The second-order valence-electron chi connectivity index (χ2n) is 8.06. The Hall–Kier alpha value is -3.02. The van der Waals surface area contributed by atoms with Crippen molar-refractivity contribution in [1.29, 1.82) is 0 Å². The minimum absolute atomic E-state index is 0.0642. The number of aryl methyl sites for hydroxylation is 1. The maximum atomic E-state index is 12.4. The second kappa shape index (κ2) is 8.78. The standard InChI is InChI=1S/C18H26N8O3S/c1-10-8-12(30-25-10)21-15-13(14(19)27)23-24-16(22-15)20-11-6-5-7-26(9-11)17(28)29-18(2,3)4/h8,11H,5-7,9H2,1-4H3,(H2,19,27)(H2,20,21,22,24)/t11-/m1/s1. The predicted octanol–water partition coefficient (Wildman–Crippen LogP) is 2.29. The summed E-state index contributed by atoms with van der Waals surface area (Å²) in [5.74, 6) is -0.303. The summed E-state index contributed by atoms with van der Waals surface area (Å²) in [5.41, 5.74) is 5.62. The van der Waals surface area contributed by atoms with Crippen LogP contribution in [0.15, 0.2) is 6.07 Å². The lowest BCUT2D eigenvalue weighted by Crippen LogP contribution is -2.47. The van der Waals surface area contributed by atoms with E-state index in [4.69, 9.17) is 10.5 Å². The Morgan fingerprint density at radius 3 is 2.73 bits per heavy atom. The molecule has 1 aliphatic rings. The fourth-order valence-electron chi connectivity index (χ4n) is 2.95. The molecule has 0 spiro atoms. The number of nitrogens with two attached hydrogens (primary N) is 1. The van der Waals surface area contributed by atoms with Gasteiger partial charge in [-0.15, -0.1) is 10.2 Å². The number of anilines is 3. The van der Waals surface area contributed by atoms with Gasteiger partial charge in [-0.05, 0) is 58.1 Å². The van der Waals surface area contributed by atoms with Crippen LogP contribution in [-0.4, -0.2) is 61.2 Å². The maximum absolute atomic E-state index is 12.4. The van der Waals surface area contributed by atoms with Gasteiger partial charge >= 0.3 is 6.09 Å². The summed E-state index contributed by atoms with van der Waals surface area (Å²) in [6.45, 7) is 8.45. The van der Waals surface area contributed by atoms with Crippen molar-refractivity contribution in [2.45, 2.75) is 52.2 Å². The molecule has 1 fully saturated rings. The summed E-state index contributed by atoms with van der Waals surface area (Å²) in [6, 6.07) is 1.75. The van der Waals surface area contributed by atoms with Crippen LogP contribution in [0.3, 0.4) is 0 Å². The van der Waals surface area contributed by atoms with Gasteiger partial charge in [-0.2, -0.15) is 9.36 Å². The molecule has 3 heterocycles. The van der Waals surface area contributed by atoms with Gasteiger partial charge < -0.3 is 26.0 Å². The van der Waals surface area contributed by atoms with Crippen LogP contribution in [0.2, 0.25) is 0 Å². The first-order valence-corrected chi connectivity index (χ1v) is 10.4. The average Bonchev–Trinajstić information content (AvgIpc) is 3.05. The van der Waals surface area contributed by atoms with Crippen LogP contribution in [0, 0.1) is 6.92 Å². The number of nitrogens with one attached hydrogen (secondary N) is 2. The molecule has 0 radical (unpaired) electrons. The number of hydrogen-bond donors (Lipinski definition) is 3. The van der Waals surface area contributed by atoms with E-state index in [1.165, 1.54) is 11.5 Å². The fourth-order valence-corrected chi connectivity index (χ4v) is 3.61. The highest BCUT2D eigenvalue weighted by molar-refractivity contribution is 7.10. The van der Waals surface area contributed by atoms with Crippen LogP contribution < -0.4 is 16.4 Å². The van der Waals surface area contributed by atoms with Gasteiger partial charge in [0, 0.05) is 19.1 Å². The molecule has 0 saturated carbocycles. The molecule has 0 unspecified atom stereocenters. The van der Waals surface area contributed by atoms with Gasteiger partial charge in [0.1, 0.15) is 10.6 Å². The van der Waals surface area contributed by atoms with Gasteiger partial charge in [0.25, 0.3) is 5.91 Å². The average molecular weight is 435 g/mol. The Morgan fingerprint density at radius 1 is 1.33 bits per heavy atom. The fraction of sp³-hybridized carbons (Fsp3) is 0.556. The number of nitrogens with zero attached hydrogens (tertiary/aromatic N) is 5. The van der Waals surface area contributed by atoms with Crippen molar-refractivity contribution in [3.8, 4) is 0 Å². The summed E-state index contributed by atoms with van der Waals surface area (Å²) < 4.78 is 9.64. The van der Waals surface area contributed by atoms with E-state index in [9.17, 15) is 9.59 Å². The number of carbonyl (C=O) groups is 2. The Morgan fingerprint density at radius 2 is 2.10 bits per heavy atom. The van der Waals surface area contributed by atoms with Gasteiger partial charge in [-0.3, -0.25) is 4.79 Å². The summed E-state index contributed by atoms with van der Waals surface area (Å²) in [7, 11) is 0. The lowest BCUT2D eigenvalue weighted by molar-refractivity contribution is 0.0206. The van der Waals surface area contributed by atoms with E-state index < -0.39 is 11.5 Å². The van der Waals surface area contributed by atoms with Crippen molar-refractivity contribution in [2.75, 3.05) is 23.7 Å². The van der Waals surface area contributed by atoms with E-state index in [2.05, 4.69) is 30.2 Å². The number of amides is 2. The highest BCUT2D eigenvalue weighted by Crippen LogP contribution is 2.23. The number of carbonyl (C=O) groups excluding carboxylic acids is 2. The van der Waals surface area contributed by atoms with E-state index in [-0.39, 0.29) is 29.6 Å². The second-order valence-corrected chi connectivity index (χ2v) is 8.87. The molecule has 2 amide bonds. The number of hydrogen-bond acceptors (Lipinski definition) is 10. The molecular formula is C18H26N8O3S. The molecular weight excluding hydrogens is 408 g/mol. The Bertz CT molecular complexity index is 926. The zero-order valence-electron chi connectivity index (χ0n) is 17.4. The lowest BCUT2D eigenvalue weighted by atomic mass is 10.1. The first kappa shape index (κ1) is 21.7. The van der Waals surface area contributed by atoms with Crippen molar-refractivity contribution in [1.82, 2.24) is 24.5 Å². The molecule has 1 aliphatic heterocycles. The zero-order valence-corrected chi connectivity index (χ0v) is 18.2. The number of ether oxygens (including phenoxy) is 1. The van der Waals surface area contributed by atoms with E-state index in [0.29, 0.717) is 18.1 Å². The molecule has 162 valence electrons. The molecule has 4 N–H and O–H groups in total. The Kier molecular flexibility index (Phi) is 6.34. The van der Waals surface area contributed by atoms with Gasteiger partial charge in [-0.25, -0.2) is 4.79 Å². The van der Waals surface area contributed by atoms with Crippen LogP contribution in [0.1, 0.15) is 49.8 Å². The number of rotatable bonds is 5. The van der Waals surface area contributed by atoms with Gasteiger partial charge in [0.2, 0.25) is 5.95 Å². The van der Waals surface area contributed by atoms with Gasteiger partial charge in [0.15, 0.2) is 11.5 Å². The van der Waals surface area contributed by atoms with Crippen LogP contribution >= 0.6 is 11.5 Å². The van der Waals surface area contributed by atoms with Gasteiger partial charge in [-0.1, -0.05) is 0 Å². The molecule has 11 nitrogen and oxygen atoms in total. The molecule has 1 atom stereocenters. The summed E-state index contributed by atoms with van der Waals surface area (Å²) in [5, 5.41) is 14.8. The smallest absolute Gasteiger partial charge is 0.410 e. The van der Waals surface area contributed by atoms with Gasteiger partial charge in [0.05, 0.1) is 5.69 Å². The quantitative estimate of drug-likeness (QED) is 0.644. The molecule has 2 aromatic heterocycles. The highest BCUT2D eigenvalue weighted by Gasteiger charge is 2.28. The number of aromatic nitrogens is 4. The van der Waals surface area contributed by atoms with Crippen LogP contribution in [0.5, 0.6) is 0 Å². The summed E-state index contributed by atoms with van der Waals surface area (Å²) in [4.78, 5) is 30.1. The van der Waals surface area contributed by atoms with E-state index in [1.54, 1.807) is 4.90 Å². The molecule has 0 bridgehead atoms. The van der Waals surface area contributed by atoms with Crippen molar-refractivity contribution in [3.05, 3.63) is 17.5 Å². The Balaban J connectivity index is 1.72. The lowest BCUT2D eigenvalue weighted by Gasteiger charge is -2.34. The molecule has 12 heteroatoms. The van der Waals surface area contributed by atoms with E-state index in [1.807, 2.05) is 33.8 Å². The topological polar surface area (TPSA) is 148 Å². The Labute approximate surface area is 178 Å². The maximum Gasteiger partial charge on any atom is 0.410 e. The monoisotopic (exact) mass is 434 g/mol. The zero-order chi connectivity index (χ0) is 21.9. The number of primary amides is 1. The molecule has 0 aliphatic carbocycles. The van der Waals surface area contributed by atoms with E-state index >= 15 is 0 Å². The first-order valence-electron chi connectivity index (χ1n) is 9.60. The third-order valence-electron chi connectivity index (χ3n) is 4.20. The van der Waals surface area contributed by atoms with Crippen molar-refractivity contribution in [3.63, 3.8) is 0 Å². The normalized spacial score (nSPS) is 16.8. The molecule has 30 heavy (non-hydrogen) atoms. The van der Waals surface area contributed by atoms with Crippen LogP contribution in [0.4, 0.5) is 21.6 Å². The largest absolute Gasteiger partial charge is 0.444 e. The van der Waals surface area contributed by atoms with Crippen molar-refractivity contribution >= 4 is 40.3 Å². The third kappa shape index (κ3) is 5.75. The summed E-state index contributed by atoms with van der Waals surface area (Å²) >= 11 is 1.23. The molecule has 2 aromatic rings. The van der Waals surface area contributed by atoms with Crippen molar-refractivity contribution in [2.24, 2.45) is 5.73 Å². The first-order chi connectivity index (χ1) is 14.1. The summed E-state index contributed by atoms with van der Waals surface area (Å²) in [6.07, 6.45) is 1.30. The van der Waals surface area contributed by atoms with E-state index in [0.717, 1.165) is 18.5 Å². The van der Waals surface area contributed by atoms with Crippen molar-refractivity contribution < 1.29 is 14.3 Å². The predicted molar refractivity (Wildman–Crippen MR) is 113 cm³/mol. The molecule has 3 rings (SSSR count). The SMILES string of the molecule is Cc1cc(Nc2nc(N[C@@H]3CCCN(C(=O)OC(C)(C)C)C3)nnc2C(N)=O)sn1. The van der Waals surface area contributed by atoms with Crippen LogP contribution in [0.25, 0.3) is 0 Å². The molecule has 0 aromatic carbocycles.